The van der Waals surface area contributed by atoms with E-state index in [9.17, 15) is 0 Å². The van der Waals surface area contributed by atoms with Crippen molar-refractivity contribution in [3.8, 4) is 5.69 Å². The number of nitrogens with zero attached hydrogens (tertiary/aromatic N) is 4. The first-order valence-electron chi connectivity index (χ1n) is 8.48. The van der Waals surface area contributed by atoms with E-state index >= 15 is 0 Å². The van der Waals surface area contributed by atoms with Gasteiger partial charge in [-0.05, 0) is 29.8 Å². The van der Waals surface area contributed by atoms with E-state index in [1.807, 2.05) is 23.0 Å². The number of benzene rings is 1. The van der Waals surface area contributed by atoms with Gasteiger partial charge in [0.1, 0.15) is 5.82 Å². The quantitative estimate of drug-likeness (QED) is 0.777. The number of pyridine rings is 1. The first-order valence-corrected chi connectivity index (χ1v) is 8.48. The van der Waals surface area contributed by atoms with E-state index in [2.05, 4.69) is 50.5 Å². The molecule has 0 radical (unpaired) electrons. The third kappa shape index (κ3) is 3.80. The molecule has 4 rings (SSSR count). The van der Waals surface area contributed by atoms with Crippen LogP contribution in [0.1, 0.15) is 5.56 Å². The Morgan fingerprint density at radius 1 is 1.00 bits per heavy atom. The standard InChI is InChI=1S/C19H21N5O/c1-3-17(24-8-7-20-15-24)4-2-16(1)13-21-19-6-5-18(14-22-19)23-9-11-25-12-10-23/h1-8,14-15H,9-13H2,(H,21,22). The molecule has 0 spiro atoms. The Bertz CT molecular complexity index is 778. The molecule has 128 valence electrons. The molecule has 6 heteroatoms. The largest absolute Gasteiger partial charge is 0.378 e. The van der Waals surface area contributed by atoms with E-state index in [0.29, 0.717) is 0 Å². The summed E-state index contributed by atoms with van der Waals surface area (Å²) < 4.78 is 7.37. The zero-order valence-corrected chi connectivity index (χ0v) is 14.0. The highest BCUT2D eigenvalue weighted by molar-refractivity contribution is 5.50. The lowest BCUT2D eigenvalue weighted by molar-refractivity contribution is 0.122. The number of rotatable bonds is 5. The fraction of sp³-hybridized carbons (Fsp3) is 0.263. The third-order valence-corrected chi connectivity index (χ3v) is 4.34. The van der Waals surface area contributed by atoms with Crippen LogP contribution in [0.5, 0.6) is 0 Å². The molecule has 1 saturated heterocycles. The normalized spacial score (nSPS) is 14.5. The van der Waals surface area contributed by atoms with Crippen LogP contribution in [-0.4, -0.2) is 40.8 Å². The van der Waals surface area contributed by atoms with Crippen LogP contribution in [0, 0.1) is 0 Å². The van der Waals surface area contributed by atoms with Crippen LogP contribution in [0.15, 0.2) is 61.3 Å². The van der Waals surface area contributed by atoms with Gasteiger partial charge in [-0.25, -0.2) is 9.97 Å². The van der Waals surface area contributed by atoms with Crippen LogP contribution >= 0.6 is 0 Å². The number of anilines is 2. The molecule has 0 unspecified atom stereocenters. The van der Waals surface area contributed by atoms with E-state index < -0.39 is 0 Å². The number of imidazole rings is 1. The van der Waals surface area contributed by atoms with Gasteiger partial charge in [0.15, 0.2) is 0 Å². The maximum absolute atomic E-state index is 5.39. The van der Waals surface area contributed by atoms with Crippen LogP contribution in [0.2, 0.25) is 0 Å². The molecule has 0 saturated carbocycles. The van der Waals surface area contributed by atoms with Crippen molar-refractivity contribution in [2.75, 3.05) is 36.5 Å². The van der Waals surface area contributed by atoms with E-state index in [0.717, 1.165) is 50.0 Å². The predicted molar refractivity (Wildman–Crippen MR) is 98.2 cm³/mol. The Labute approximate surface area is 147 Å². The van der Waals surface area contributed by atoms with E-state index in [1.165, 1.54) is 5.56 Å². The van der Waals surface area contributed by atoms with Crippen molar-refractivity contribution in [3.05, 3.63) is 66.9 Å². The fourth-order valence-electron chi connectivity index (χ4n) is 2.89. The average Bonchev–Trinajstić information content (AvgIpc) is 3.23. The minimum Gasteiger partial charge on any atom is -0.378 e. The molecule has 1 fully saturated rings. The average molecular weight is 335 g/mol. The molecule has 1 aliphatic heterocycles. The van der Waals surface area contributed by atoms with E-state index in [-0.39, 0.29) is 0 Å². The molecule has 1 N–H and O–H groups in total. The van der Waals surface area contributed by atoms with Crippen molar-refractivity contribution in [3.63, 3.8) is 0 Å². The topological polar surface area (TPSA) is 55.2 Å². The van der Waals surface area contributed by atoms with Crippen molar-refractivity contribution in [1.82, 2.24) is 14.5 Å². The molecule has 3 aromatic rings. The lowest BCUT2D eigenvalue weighted by Crippen LogP contribution is -2.36. The number of aromatic nitrogens is 3. The van der Waals surface area contributed by atoms with Crippen molar-refractivity contribution in [2.24, 2.45) is 0 Å². The zero-order valence-electron chi connectivity index (χ0n) is 14.0. The van der Waals surface area contributed by atoms with Gasteiger partial charge in [0.2, 0.25) is 0 Å². The molecular formula is C19H21N5O. The monoisotopic (exact) mass is 335 g/mol. The lowest BCUT2D eigenvalue weighted by atomic mass is 10.2. The summed E-state index contributed by atoms with van der Waals surface area (Å²) in [5.41, 5.74) is 3.47. The van der Waals surface area contributed by atoms with E-state index in [1.54, 1.807) is 12.5 Å². The van der Waals surface area contributed by atoms with Crippen molar-refractivity contribution >= 4 is 11.5 Å². The minimum atomic E-state index is 0.744. The molecular weight excluding hydrogens is 314 g/mol. The highest BCUT2D eigenvalue weighted by Gasteiger charge is 2.11. The van der Waals surface area contributed by atoms with Gasteiger partial charge < -0.3 is 19.5 Å². The molecule has 0 aliphatic carbocycles. The summed E-state index contributed by atoms with van der Waals surface area (Å²) in [5.74, 6) is 0.885. The Morgan fingerprint density at radius 3 is 2.48 bits per heavy atom. The lowest BCUT2D eigenvalue weighted by Gasteiger charge is -2.28. The Hall–Kier alpha value is -2.86. The van der Waals surface area contributed by atoms with Crippen LogP contribution in [0.4, 0.5) is 11.5 Å². The number of nitrogens with one attached hydrogen (secondary N) is 1. The van der Waals surface area contributed by atoms with E-state index in [4.69, 9.17) is 4.74 Å². The molecule has 0 bridgehead atoms. The maximum Gasteiger partial charge on any atom is 0.126 e. The fourth-order valence-corrected chi connectivity index (χ4v) is 2.89. The number of hydrogen-bond donors (Lipinski definition) is 1. The van der Waals surface area contributed by atoms with Gasteiger partial charge in [-0.2, -0.15) is 0 Å². The molecule has 6 nitrogen and oxygen atoms in total. The van der Waals surface area contributed by atoms with Gasteiger partial charge >= 0.3 is 0 Å². The van der Waals surface area contributed by atoms with Crippen molar-refractivity contribution < 1.29 is 4.74 Å². The molecule has 3 heterocycles. The molecule has 0 atom stereocenters. The van der Waals surface area contributed by atoms with Gasteiger partial charge in [0.05, 0.1) is 31.4 Å². The molecule has 1 aliphatic rings. The van der Waals surface area contributed by atoms with Crippen LogP contribution < -0.4 is 10.2 Å². The maximum atomic E-state index is 5.39. The van der Waals surface area contributed by atoms with Crippen molar-refractivity contribution in [2.45, 2.75) is 6.54 Å². The Kier molecular flexibility index (Phi) is 4.61. The summed E-state index contributed by atoms with van der Waals surface area (Å²) in [6, 6.07) is 12.6. The Balaban J connectivity index is 1.34. The summed E-state index contributed by atoms with van der Waals surface area (Å²) in [4.78, 5) is 10.9. The molecule has 0 amide bonds. The SMILES string of the molecule is c1cn(-c2ccc(CNc3ccc(N4CCOCC4)cn3)cc2)cn1. The Morgan fingerprint density at radius 2 is 1.80 bits per heavy atom. The molecule has 2 aromatic heterocycles. The number of hydrogen-bond acceptors (Lipinski definition) is 5. The smallest absolute Gasteiger partial charge is 0.126 e. The number of ether oxygens (including phenoxy) is 1. The van der Waals surface area contributed by atoms with Gasteiger partial charge in [-0.15, -0.1) is 0 Å². The summed E-state index contributed by atoms with van der Waals surface area (Å²) in [6.07, 6.45) is 7.44. The van der Waals surface area contributed by atoms with Gasteiger partial charge in [-0.3, -0.25) is 0 Å². The van der Waals surface area contributed by atoms with Crippen LogP contribution in [0.3, 0.4) is 0 Å². The van der Waals surface area contributed by atoms with Gasteiger partial charge in [-0.1, -0.05) is 12.1 Å². The van der Waals surface area contributed by atoms with Crippen LogP contribution in [-0.2, 0) is 11.3 Å². The summed E-state index contributed by atoms with van der Waals surface area (Å²) >= 11 is 0. The van der Waals surface area contributed by atoms with Crippen LogP contribution in [0.25, 0.3) is 5.69 Å². The highest BCUT2D eigenvalue weighted by Crippen LogP contribution is 2.17. The zero-order chi connectivity index (χ0) is 16.9. The minimum absolute atomic E-state index is 0.744. The summed E-state index contributed by atoms with van der Waals surface area (Å²) in [7, 11) is 0. The van der Waals surface area contributed by atoms with Crippen molar-refractivity contribution in [1.29, 1.82) is 0 Å². The third-order valence-electron chi connectivity index (χ3n) is 4.34. The van der Waals surface area contributed by atoms with Gasteiger partial charge in [0, 0.05) is 37.7 Å². The first-order chi connectivity index (χ1) is 12.4. The molecule has 1 aromatic carbocycles. The number of morpholine rings is 1. The van der Waals surface area contributed by atoms with Gasteiger partial charge in [0.25, 0.3) is 0 Å². The predicted octanol–water partition coefficient (Wildman–Crippen LogP) is 2.72. The molecule has 25 heavy (non-hydrogen) atoms. The second-order valence-corrected chi connectivity index (χ2v) is 5.99. The first kappa shape index (κ1) is 15.7. The highest BCUT2D eigenvalue weighted by atomic mass is 16.5. The summed E-state index contributed by atoms with van der Waals surface area (Å²) in [5, 5.41) is 3.37. The summed E-state index contributed by atoms with van der Waals surface area (Å²) in [6.45, 7) is 4.17. The second kappa shape index (κ2) is 7.36. The second-order valence-electron chi connectivity index (χ2n) is 5.99.